The number of hydrogen-bond acceptors (Lipinski definition) is 9. The standard InChI is InChI=1S/C31H34N6O3S/c1-20-15-23(7-9-25(20)40-24-8-6-22(3)32-16-24)35-30-29-28-21(2)17-37(18-26(28)41-31(29)34-19-33-30)27(38)5-4-10-36-11-13-39-14-12-36/h4-9,15-16,19,21H,10-14,17-18H2,1-3H3,(H,33,34,35)/b5-4+. The number of morpholine rings is 1. The summed E-state index contributed by atoms with van der Waals surface area (Å²) in [6, 6.07) is 9.85. The summed E-state index contributed by atoms with van der Waals surface area (Å²) < 4.78 is 11.4. The largest absolute Gasteiger partial charge is 0.455 e. The highest BCUT2D eigenvalue weighted by Gasteiger charge is 2.30. The number of thiophene rings is 1. The van der Waals surface area contributed by atoms with Gasteiger partial charge >= 0.3 is 0 Å². The number of amides is 1. The van der Waals surface area contributed by atoms with Gasteiger partial charge in [0.15, 0.2) is 0 Å². The molecule has 0 aliphatic carbocycles. The van der Waals surface area contributed by atoms with Crippen molar-refractivity contribution in [2.24, 2.45) is 0 Å². The number of pyridine rings is 1. The van der Waals surface area contributed by atoms with Gasteiger partial charge in [-0.1, -0.05) is 13.0 Å². The van der Waals surface area contributed by atoms with E-state index < -0.39 is 0 Å². The molecule has 212 valence electrons. The summed E-state index contributed by atoms with van der Waals surface area (Å²) >= 11 is 1.65. The molecule has 6 rings (SSSR count). The Kier molecular flexibility index (Phi) is 7.95. The molecule has 5 heterocycles. The Hall–Kier alpha value is -3.86. The third kappa shape index (κ3) is 6.09. The minimum absolute atomic E-state index is 0.0526. The highest BCUT2D eigenvalue weighted by atomic mass is 32.1. The van der Waals surface area contributed by atoms with Crippen LogP contribution < -0.4 is 10.1 Å². The van der Waals surface area contributed by atoms with Gasteiger partial charge in [0.1, 0.15) is 28.5 Å². The van der Waals surface area contributed by atoms with Crippen molar-refractivity contribution in [2.75, 3.05) is 44.7 Å². The van der Waals surface area contributed by atoms with E-state index in [1.807, 2.05) is 49.1 Å². The van der Waals surface area contributed by atoms with Crippen LogP contribution in [-0.4, -0.2) is 70.1 Å². The number of hydrogen-bond donors (Lipinski definition) is 1. The summed E-state index contributed by atoms with van der Waals surface area (Å²) in [5.41, 5.74) is 4.10. The third-order valence-corrected chi connectivity index (χ3v) is 8.61. The van der Waals surface area contributed by atoms with Gasteiger partial charge in [-0.05, 0) is 55.3 Å². The lowest BCUT2D eigenvalue weighted by Crippen LogP contribution is -2.37. The Morgan fingerprint density at radius 1 is 1.17 bits per heavy atom. The Labute approximate surface area is 243 Å². The van der Waals surface area contributed by atoms with Crippen molar-refractivity contribution in [3.8, 4) is 11.5 Å². The Balaban J connectivity index is 1.18. The van der Waals surface area contributed by atoms with Crippen molar-refractivity contribution in [2.45, 2.75) is 33.2 Å². The second-order valence-electron chi connectivity index (χ2n) is 10.6. The van der Waals surface area contributed by atoms with Crippen LogP contribution in [0.1, 0.15) is 34.5 Å². The Morgan fingerprint density at radius 2 is 2.02 bits per heavy atom. The molecular formula is C31H34N6O3S. The normalized spacial score (nSPS) is 17.6. The van der Waals surface area contributed by atoms with Gasteiger partial charge in [-0.2, -0.15) is 0 Å². The maximum Gasteiger partial charge on any atom is 0.246 e. The lowest BCUT2D eigenvalue weighted by atomic mass is 9.94. The number of ether oxygens (including phenoxy) is 2. The van der Waals surface area contributed by atoms with E-state index in [1.165, 1.54) is 10.4 Å². The quantitative estimate of drug-likeness (QED) is 0.288. The molecule has 4 aromatic rings. The van der Waals surface area contributed by atoms with E-state index in [1.54, 1.807) is 29.9 Å². The molecule has 1 atom stereocenters. The summed E-state index contributed by atoms with van der Waals surface area (Å²) in [6.45, 7) is 11.5. The number of carbonyl (C=O) groups excluding carboxylic acids is 1. The van der Waals surface area contributed by atoms with E-state index >= 15 is 0 Å². The Morgan fingerprint density at radius 3 is 2.80 bits per heavy atom. The minimum Gasteiger partial charge on any atom is -0.455 e. The third-order valence-electron chi connectivity index (χ3n) is 7.51. The van der Waals surface area contributed by atoms with Gasteiger partial charge in [-0.15, -0.1) is 11.3 Å². The average Bonchev–Trinajstić information content (AvgIpc) is 3.36. The number of carbonyl (C=O) groups is 1. The van der Waals surface area contributed by atoms with Crippen molar-refractivity contribution in [3.05, 3.63) is 76.7 Å². The van der Waals surface area contributed by atoms with Crippen LogP contribution in [0.25, 0.3) is 10.2 Å². The van der Waals surface area contributed by atoms with Gasteiger partial charge in [-0.25, -0.2) is 9.97 Å². The summed E-state index contributed by atoms with van der Waals surface area (Å²) in [6.07, 6.45) is 7.03. The zero-order chi connectivity index (χ0) is 28.3. The summed E-state index contributed by atoms with van der Waals surface area (Å²) in [5.74, 6) is 2.48. The highest BCUT2D eigenvalue weighted by Crippen LogP contribution is 2.42. The predicted molar refractivity (Wildman–Crippen MR) is 161 cm³/mol. The molecule has 0 bridgehead atoms. The van der Waals surface area contributed by atoms with Crippen molar-refractivity contribution in [1.82, 2.24) is 24.8 Å². The molecular weight excluding hydrogens is 536 g/mol. The first kappa shape index (κ1) is 27.3. The maximum atomic E-state index is 13.1. The highest BCUT2D eigenvalue weighted by molar-refractivity contribution is 7.19. The molecule has 0 spiro atoms. The Bertz CT molecular complexity index is 1580. The van der Waals surface area contributed by atoms with Crippen LogP contribution in [0.15, 0.2) is 55.0 Å². The van der Waals surface area contributed by atoms with Gasteiger partial charge in [0.05, 0.1) is 31.3 Å². The zero-order valence-corrected chi connectivity index (χ0v) is 24.4. The van der Waals surface area contributed by atoms with Crippen LogP contribution in [0, 0.1) is 13.8 Å². The van der Waals surface area contributed by atoms with Crippen molar-refractivity contribution < 1.29 is 14.3 Å². The van der Waals surface area contributed by atoms with Crippen LogP contribution in [-0.2, 0) is 16.1 Å². The summed E-state index contributed by atoms with van der Waals surface area (Å²) in [7, 11) is 0. The van der Waals surface area contributed by atoms with E-state index in [-0.39, 0.29) is 11.8 Å². The first-order valence-electron chi connectivity index (χ1n) is 13.9. The van der Waals surface area contributed by atoms with E-state index in [4.69, 9.17) is 9.47 Å². The molecule has 2 aliphatic rings. The fraction of sp³-hybridized carbons (Fsp3) is 0.355. The number of benzene rings is 1. The molecule has 1 unspecified atom stereocenters. The smallest absolute Gasteiger partial charge is 0.246 e. The molecule has 41 heavy (non-hydrogen) atoms. The molecule has 1 fully saturated rings. The first-order valence-corrected chi connectivity index (χ1v) is 14.8. The number of rotatable bonds is 7. The first-order chi connectivity index (χ1) is 19.9. The molecule has 9 nitrogen and oxygen atoms in total. The van der Waals surface area contributed by atoms with E-state index in [0.717, 1.165) is 71.6 Å². The van der Waals surface area contributed by atoms with E-state index in [0.29, 0.717) is 18.8 Å². The van der Waals surface area contributed by atoms with E-state index in [2.05, 4.69) is 38.2 Å². The van der Waals surface area contributed by atoms with Gasteiger partial charge < -0.3 is 19.7 Å². The molecule has 1 aromatic carbocycles. The van der Waals surface area contributed by atoms with Gasteiger partial charge in [-0.3, -0.25) is 14.7 Å². The maximum absolute atomic E-state index is 13.1. The second-order valence-corrected chi connectivity index (χ2v) is 11.7. The van der Waals surface area contributed by atoms with E-state index in [9.17, 15) is 4.79 Å². The molecule has 1 N–H and O–H groups in total. The lowest BCUT2D eigenvalue weighted by molar-refractivity contribution is -0.127. The molecule has 0 radical (unpaired) electrons. The number of nitrogens with zero attached hydrogens (tertiary/aromatic N) is 5. The van der Waals surface area contributed by atoms with Gasteiger partial charge in [0.2, 0.25) is 5.91 Å². The zero-order valence-electron chi connectivity index (χ0n) is 23.6. The van der Waals surface area contributed by atoms with Crippen LogP contribution in [0.4, 0.5) is 11.5 Å². The van der Waals surface area contributed by atoms with Crippen LogP contribution in [0.3, 0.4) is 0 Å². The predicted octanol–water partition coefficient (Wildman–Crippen LogP) is 5.57. The van der Waals surface area contributed by atoms with Crippen LogP contribution in [0.2, 0.25) is 0 Å². The number of aromatic nitrogens is 3. The number of fused-ring (bicyclic) bond motifs is 3. The minimum atomic E-state index is 0.0526. The van der Waals surface area contributed by atoms with Crippen LogP contribution >= 0.6 is 11.3 Å². The molecule has 0 saturated carbocycles. The topological polar surface area (TPSA) is 92.7 Å². The number of aryl methyl sites for hydroxylation is 2. The molecule has 3 aromatic heterocycles. The summed E-state index contributed by atoms with van der Waals surface area (Å²) in [4.78, 5) is 32.9. The number of anilines is 2. The monoisotopic (exact) mass is 570 g/mol. The average molecular weight is 571 g/mol. The lowest BCUT2D eigenvalue weighted by Gasteiger charge is -2.31. The fourth-order valence-corrected chi connectivity index (χ4v) is 6.65. The molecule has 10 heteroatoms. The van der Waals surface area contributed by atoms with Crippen molar-refractivity contribution in [3.63, 3.8) is 0 Å². The van der Waals surface area contributed by atoms with Crippen molar-refractivity contribution >= 4 is 39.0 Å². The SMILES string of the molecule is Cc1ccc(Oc2ccc(Nc3ncnc4sc5c(c34)C(C)CN(C(=O)/C=C/CN3CCOCC3)C5)cc2C)cn1. The van der Waals surface area contributed by atoms with Crippen LogP contribution in [0.5, 0.6) is 11.5 Å². The number of nitrogens with one attached hydrogen (secondary N) is 1. The summed E-state index contributed by atoms with van der Waals surface area (Å²) in [5, 5.41) is 4.56. The second kappa shape index (κ2) is 11.9. The van der Waals surface area contributed by atoms with Gasteiger partial charge in [0.25, 0.3) is 0 Å². The van der Waals surface area contributed by atoms with Crippen molar-refractivity contribution in [1.29, 1.82) is 0 Å². The fourth-order valence-electron chi connectivity index (χ4n) is 5.37. The molecule has 1 amide bonds. The van der Waals surface area contributed by atoms with Gasteiger partial charge in [0, 0.05) is 54.4 Å². The molecule has 1 saturated heterocycles. The molecule has 2 aliphatic heterocycles.